The lowest BCUT2D eigenvalue weighted by molar-refractivity contribution is -0.122. The summed E-state index contributed by atoms with van der Waals surface area (Å²) in [6.07, 6.45) is 5.26. The van der Waals surface area contributed by atoms with Crippen LogP contribution in [0.5, 0.6) is 0 Å². The number of nitrogens with zero attached hydrogens (tertiary/aromatic N) is 1. The summed E-state index contributed by atoms with van der Waals surface area (Å²) in [7, 11) is 0. The summed E-state index contributed by atoms with van der Waals surface area (Å²) in [5, 5.41) is 19.5. The van der Waals surface area contributed by atoms with Gasteiger partial charge in [-0.1, -0.05) is 24.1 Å². The van der Waals surface area contributed by atoms with Crippen molar-refractivity contribution >= 4 is 46.0 Å². The highest BCUT2D eigenvalue weighted by atomic mass is 35.5. The van der Waals surface area contributed by atoms with Gasteiger partial charge in [0.05, 0.1) is 22.4 Å². The molecule has 3 heterocycles. The van der Waals surface area contributed by atoms with Crippen LogP contribution in [-0.2, 0) is 22.4 Å². The zero-order valence-corrected chi connectivity index (χ0v) is 22.6. The summed E-state index contributed by atoms with van der Waals surface area (Å²) in [5.74, 6) is 1.07. The molecule has 2 aliphatic heterocycles. The van der Waals surface area contributed by atoms with Gasteiger partial charge in [0.15, 0.2) is 6.35 Å². The number of fused-ring (bicyclic) bond motifs is 1. The number of aliphatic hydroxyl groups excluding tert-OH is 1. The first-order chi connectivity index (χ1) is 17.2. The number of anilines is 2. The van der Waals surface area contributed by atoms with E-state index in [0.29, 0.717) is 35.4 Å². The van der Waals surface area contributed by atoms with Gasteiger partial charge in [-0.15, -0.1) is 11.3 Å². The number of piperidine rings is 1. The second-order valence-corrected chi connectivity index (χ2v) is 11.8. The number of amides is 1. The molecule has 1 aromatic heterocycles. The predicted octanol–water partition coefficient (Wildman–Crippen LogP) is 4.35. The Bertz CT molecular complexity index is 1060. The Hall–Kier alpha value is -1.97. The molecule has 2 unspecified atom stereocenters. The average Bonchev–Trinajstić information content (AvgIpc) is 3.20. The molecule has 5 N–H and O–H groups in total. The van der Waals surface area contributed by atoms with Gasteiger partial charge in [0.1, 0.15) is 5.78 Å². The van der Waals surface area contributed by atoms with Gasteiger partial charge in [-0.3, -0.25) is 19.8 Å². The van der Waals surface area contributed by atoms with Crippen molar-refractivity contribution in [3.8, 4) is 0 Å². The third kappa shape index (κ3) is 6.86. The van der Waals surface area contributed by atoms with Gasteiger partial charge in [-0.05, 0) is 86.4 Å². The molecule has 0 radical (unpaired) electrons. The maximum Gasteiger partial charge on any atom is 0.224 e. The van der Waals surface area contributed by atoms with Crippen molar-refractivity contribution in [3.63, 3.8) is 0 Å². The minimum atomic E-state index is -0.881. The smallest absolute Gasteiger partial charge is 0.224 e. The topological polar surface area (TPSA) is 108 Å². The van der Waals surface area contributed by atoms with Crippen molar-refractivity contribution in [1.82, 2.24) is 10.2 Å². The van der Waals surface area contributed by atoms with Crippen molar-refractivity contribution in [2.75, 3.05) is 24.1 Å². The Balaban J connectivity index is 1.25. The quantitative estimate of drug-likeness (QED) is 0.282. The second-order valence-electron chi connectivity index (χ2n) is 10.4. The number of nitrogens with two attached hydrogens (primary N) is 1. The highest BCUT2D eigenvalue weighted by Gasteiger charge is 2.28. The van der Waals surface area contributed by atoms with Crippen molar-refractivity contribution in [3.05, 3.63) is 44.6 Å². The summed E-state index contributed by atoms with van der Waals surface area (Å²) in [6, 6.07) is 5.21. The first kappa shape index (κ1) is 27.1. The zero-order chi connectivity index (χ0) is 25.8. The summed E-state index contributed by atoms with van der Waals surface area (Å²) in [4.78, 5) is 27.8. The Labute approximate surface area is 222 Å². The third-order valence-corrected chi connectivity index (χ3v) is 8.88. The number of likely N-dealkylation sites (tertiary alicyclic amines) is 1. The van der Waals surface area contributed by atoms with Gasteiger partial charge in [0.2, 0.25) is 5.91 Å². The molecule has 9 heteroatoms. The molecule has 36 heavy (non-hydrogen) atoms. The monoisotopic (exact) mass is 532 g/mol. The molecule has 1 fully saturated rings. The number of nitrogen functional groups attached to an aromatic ring is 1. The first-order valence-corrected chi connectivity index (χ1v) is 14.0. The summed E-state index contributed by atoms with van der Waals surface area (Å²) in [6.45, 7) is 4.98. The molecule has 7 nitrogen and oxygen atoms in total. The molecule has 1 saturated heterocycles. The molecular formula is C27H37ClN4O3S. The van der Waals surface area contributed by atoms with Crippen LogP contribution in [0.4, 0.5) is 11.4 Å². The number of rotatable bonds is 9. The van der Waals surface area contributed by atoms with Crippen LogP contribution in [0.15, 0.2) is 23.6 Å². The van der Waals surface area contributed by atoms with Crippen LogP contribution in [0.2, 0.25) is 5.02 Å². The maximum absolute atomic E-state index is 12.3. The molecule has 2 aromatic rings. The van der Waals surface area contributed by atoms with E-state index in [-0.39, 0.29) is 11.7 Å². The number of hydrogen-bond donors (Lipinski definition) is 4. The number of aliphatic hydroxyl groups is 1. The standard InChI is InChI=1S/C27H37ClN4O3S/c1-16-11-20(12-21(28)26(16)29)13-23(17(2)33)31-27(35)32-8-5-18(6-9-32)3-4-19-14-24-22(7-10-36-24)30-25(34)15-19/h7,10-12,18-19,23,27,31,35H,3-6,8-9,13-15,29H2,1-2H3,(H,30,34)/t19?,23-,27?/m1/s1. The SMILES string of the molecule is CC(=O)[C@@H](Cc1cc(C)c(N)c(Cl)c1)NC(O)N1CCC(CCC2CC(=O)Nc3ccsc3C2)CC1. The summed E-state index contributed by atoms with van der Waals surface area (Å²) >= 11 is 7.95. The molecule has 196 valence electrons. The third-order valence-electron chi connectivity index (χ3n) is 7.62. The number of carbonyl (C=O) groups excluding carboxylic acids is 2. The lowest BCUT2D eigenvalue weighted by Gasteiger charge is -2.37. The van der Waals surface area contributed by atoms with E-state index in [4.69, 9.17) is 17.3 Å². The van der Waals surface area contributed by atoms with Crippen LogP contribution < -0.4 is 16.4 Å². The fraction of sp³-hybridized carbons (Fsp3) is 0.556. The summed E-state index contributed by atoms with van der Waals surface area (Å²) < 4.78 is 0. The fourth-order valence-electron chi connectivity index (χ4n) is 5.35. The van der Waals surface area contributed by atoms with Crippen LogP contribution in [0.3, 0.4) is 0 Å². The van der Waals surface area contributed by atoms with E-state index >= 15 is 0 Å². The Kier molecular flexibility index (Phi) is 9.06. The van der Waals surface area contributed by atoms with E-state index in [1.165, 1.54) is 11.8 Å². The largest absolute Gasteiger partial charge is 0.397 e. The van der Waals surface area contributed by atoms with Crippen LogP contribution in [-0.4, -0.2) is 47.2 Å². The van der Waals surface area contributed by atoms with Crippen LogP contribution in [0, 0.1) is 18.8 Å². The van der Waals surface area contributed by atoms with Gasteiger partial charge < -0.3 is 16.2 Å². The first-order valence-electron chi connectivity index (χ1n) is 12.8. The lowest BCUT2D eigenvalue weighted by Crippen LogP contribution is -2.54. The van der Waals surface area contributed by atoms with Gasteiger partial charge in [-0.2, -0.15) is 0 Å². The molecule has 0 saturated carbocycles. The van der Waals surface area contributed by atoms with Crippen molar-refractivity contribution in [1.29, 1.82) is 0 Å². The molecule has 1 aromatic carbocycles. The van der Waals surface area contributed by atoms with Gasteiger partial charge >= 0.3 is 0 Å². The number of aryl methyl sites for hydroxylation is 1. The molecule has 0 spiro atoms. The number of benzene rings is 1. The van der Waals surface area contributed by atoms with Crippen molar-refractivity contribution < 1.29 is 14.7 Å². The number of ketones is 1. The molecule has 0 aliphatic carbocycles. The zero-order valence-electron chi connectivity index (χ0n) is 21.1. The van der Waals surface area contributed by atoms with Crippen molar-refractivity contribution in [2.24, 2.45) is 11.8 Å². The fourth-order valence-corrected chi connectivity index (χ4v) is 6.59. The number of carbonyl (C=O) groups is 2. The Morgan fingerprint density at radius 1 is 1.28 bits per heavy atom. The number of thiophene rings is 1. The highest BCUT2D eigenvalue weighted by Crippen LogP contribution is 2.33. The number of halogens is 1. The number of hydrogen-bond acceptors (Lipinski definition) is 7. The van der Waals surface area contributed by atoms with Crippen LogP contribution >= 0.6 is 22.9 Å². The van der Waals surface area contributed by atoms with Gasteiger partial charge in [0.25, 0.3) is 0 Å². The Morgan fingerprint density at radius 3 is 2.69 bits per heavy atom. The minimum Gasteiger partial charge on any atom is -0.397 e. The van der Waals surface area contributed by atoms with E-state index < -0.39 is 12.4 Å². The maximum atomic E-state index is 12.3. The Morgan fingerprint density at radius 2 is 2.00 bits per heavy atom. The van der Waals surface area contributed by atoms with E-state index in [1.807, 2.05) is 29.3 Å². The predicted molar refractivity (Wildman–Crippen MR) is 146 cm³/mol. The highest BCUT2D eigenvalue weighted by molar-refractivity contribution is 7.10. The lowest BCUT2D eigenvalue weighted by atomic mass is 9.86. The van der Waals surface area contributed by atoms with Gasteiger partial charge in [0, 0.05) is 24.4 Å². The number of Topliss-reactive ketones (excluding diaryl/α,β-unsaturated/α-hetero) is 1. The van der Waals surface area contributed by atoms with E-state index in [1.54, 1.807) is 17.4 Å². The van der Waals surface area contributed by atoms with Crippen LogP contribution in [0.25, 0.3) is 0 Å². The number of nitrogens with one attached hydrogen (secondary N) is 2. The van der Waals surface area contributed by atoms with Gasteiger partial charge in [-0.25, -0.2) is 0 Å². The van der Waals surface area contributed by atoms with Crippen LogP contribution in [0.1, 0.15) is 55.0 Å². The average molecular weight is 533 g/mol. The second kappa shape index (κ2) is 12.0. The molecule has 1 amide bonds. The normalized spacial score (nSPS) is 20.9. The molecule has 0 bridgehead atoms. The van der Waals surface area contributed by atoms with E-state index in [0.717, 1.165) is 62.0 Å². The molecule has 4 rings (SSSR count). The minimum absolute atomic E-state index is 0.0316. The molecular weight excluding hydrogens is 496 g/mol. The van der Waals surface area contributed by atoms with E-state index in [2.05, 4.69) is 10.6 Å². The van der Waals surface area contributed by atoms with Crippen molar-refractivity contribution in [2.45, 2.75) is 71.2 Å². The van der Waals surface area contributed by atoms with E-state index in [9.17, 15) is 14.7 Å². The molecule has 3 atom stereocenters. The molecule has 2 aliphatic rings. The summed E-state index contributed by atoms with van der Waals surface area (Å²) in [5.41, 5.74) is 9.27.